The van der Waals surface area contributed by atoms with Gasteiger partial charge in [0.05, 0.1) is 12.2 Å². The molecule has 0 bridgehead atoms. The quantitative estimate of drug-likeness (QED) is 0.690. The summed E-state index contributed by atoms with van der Waals surface area (Å²) >= 11 is 6.31. The summed E-state index contributed by atoms with van der Waals surface area (Å²) in [4.78, 5) is 14.5. The summed E-state index contributed by atoms with van der Waals surface area (Å²) in [5, 5.41) is 0.689. The van der Waals surface area contributed by atoms with Gasteiger partial charge in [-0.15, -0.1) is 0 Å². The number of hydrogen-bond donors (Lipinski definition) is 1. The predicted octanol–water partition coefficient (Wildman–Crippen LogP) is 4.96. The van der Waals surface area contributed by atoms with Gasteiger partial charge in [0.2, 0.25) is 0 Å². The van der Waals surface area contributed by atoms with E-state index in [2.05, 4.69) is 13.0 Å². The van der Waals surface area contributed by atoms with Gasteiger partial charge < -0.3 is 20.1 Å². The highest BCUT2D eigenvalue weighted by Gasteiger charge is 2.44. The monoisotopic (exact) mass is 410 g/mol. The van der Waals surface area contributed by atoms with E-state index in [-0.39, 0.29) is 12.0 Å². The minimum absolute atomic E-state index is 0.152. The number of halogens is 1. The van der Waals surface area contributed by atoms with Crippen LogP contribution >= 0.6 is 11.6 Å². The predicted molar refractivity (Wildman–Crippen MR) is 114 cm³/mol. The highest BCUT2D eigenvalue weighted by Crippen LogP contribution is 2.43. The lowest BCUT2D eigenvalue weighted by atomic mass is 9.74. The first kappa shape index (κ1) is 23.0. The highest BCUT2D eigenvalue weighted by atomic mass is 35.5. The molecule has 1 aromatic rings. The lowest BCUT2D eigenvalue weighted by Gasteiger charge is -2.46. The molecule has 0 spiro atoms. The molecule has 28 heavy (non-hydrogen) atoms. The number of rotatable bonds is 7. The molecule has 5 nitrogen and oxygen atoms in total. The number of nitrogens with zero attached hydrogens (tertiary/aromatic N) is 1. The molecule has 158 valence electrons. The molecule has 1 amide bonds. The Labute approximate surface area is 174 Å². The van der Waals surface area contributed by atoms with Gasteiger partial charge in [0.15, 0.2) is 0 Å². The van der Waals surface area contributed by atoms with Crippen molar-refractivity contribution >= 4 is 17.7 Å². The lowest BCUT2D eigenvalue weighted by Crippen LogP contribution is -2.50. The third-order valence-electron chi connectivity index (χ3n) is 5.14. The van der Waals surface area contributed by atoms with Gasteiger partial charge in [-0.3, -0.25) is 0 Å². The lowest BCUT2D eigenvalue weighted by molar-refractivity contribution is -0.114. The van der Waals surface area contributed by atoms with E-state index in [0.29, 0.717) is 31.3 Å². The zero-order valence-electron chi connectivity index (χ0n) is 17.7. The molecule has 0 radical (unpaired) electrons. The number of carbonyl (C=O) groups excluding carboxylic acids is 1. The summed E-state index contributed by atoms with van der Waals surface area (Å²) < 4.78 is 12.1. The number of hydrogen-bond acceptors (Lipinski definition) is 4. The molecule has 1 aromatic carbocycles. The molecular formula is C22H35ClN2O3. The Morgan fingerprint density at radius 2 is 2.11 bits per heavy atom. The summed E-state index contributed by atoms with van der Waals surface area (Å²) in [5.41, 5.74) is 5.82. The zero-order chi connectivity index (χ0) is 20.8. The van der Waals surface area contributed by atoms with Crippen LogP contribution in [-0.4, -0.2) is 42.8 Å². The standard InChI is InChI=1S/C22H35ClN2O3/c1-5-11-22(27-14-12-24,17-8-6-10-19(23)15-17)18-9-7-13-25(16-18)20(26)28-21(2,3)4/h6,8,10,15,18H,5,7,9,11-14,16,24H2,1-4H3/t18?,22-/m0/s1. The second-order valence-electron chi connectivity index (χ2n) is 8.55. The van der Waals surface area contributed by atoms with Crippen molar-refractivity contribution in [3.8, 4) is 0 Å². The van der Waals surface area contributed by atoms with Crippen molar-refractivity contribution in [3.05, 3.63) is 34.9 Å². The van der Waals surface area contributed by atoms with Crippen LogP contribution in [0.3, 0.4) is 0 Å². The number of likely N-dealkylation sites (tertiary alicyclic amines) is 1. The Bertz CT molecular complexity index is 647. The van der Waals surface area contributed by atoms with Gasteiger partial charge in [-0.05, 0) is 57.7 Å². The Hall–Kier alpha value is -1.30. The molecule has 2 N–H and O–H groups in total. The number of ether oxygens (including phenoxy) is 2. The molecule has 0 aromatic heterocycles. The summed E-state index contributed by atoms with van der Waals surface area (Å²) in [6, 6.07) is 7.89. The summed E-state index contributed by atoms with van der Waals surface area (Å²) in [7, 11) is 0. The van der Waals surface area contributed by atoms with Crippen molar-refractivity contribution < 1.29 is 14.3 Å². The molecular weight excluding hydrogens is 376 g/mol. The van der Waals surface area contributed by atoms with Crippen molar-refractivity contribution in [1.29, 1.82) is 0 Å². The molecule has 0 aliphatic carbocycles. The van der Waals surface area contributed by atoms with Gasteiger partial charge in [0.25, 0.3) is 0 Å². The minimum Gasteiger partial charge on any atom is -0.444 e. The Kier molecular flexibility index (Phi) is 8.17. The van der Waals surface area contributed by atoms with E-state index >= 15 is 0 Å². The third-order valence-corrected chi connectivity index (χ3v) is 5.38. The van der Waals surface area contributed by atoms with Crippen LogP contribution in [-0.2, 0) is 15.1 Å². The summed E-state index contributed by atoms with van der Waals surface area (Å²) in [6.07, 6.45) is 3.45. The maximum absolute atomic E-state index is 12.7. The van der Waals surface area contributed by atoms with Gasteiger partial charge in [-0.2, -0.15) is 0 Å². The second kappa shape index (κ2) is 9.95. The molecule has 1 aliphatic heterocycles. The van der Waals surface area contributed by atoms with Gasteiger partial charge in [-0.1, -0.05) is 37.1 Å². The van der Waals surface area contributed by atoms with Crippen molar-refractivity contribution in [3.63, 3.8) is 0 Å². The molecule has 1 heterocycles. The first-order chi connectivity index (χ1) is 13.2. The average molecular weight is 411 g/mol. The topological polar surface area (TPSA) is 64.8 Å². The van der Waals surface area contributed by atoms with E-state index in [1.165, 1.54) is 0 Å². The third kappa shape index (κ3) is 5.85. The molecule has 1 unspecified atom stereocenters. The van der Waals surface area contributed by atoms with Crippen LogP contribution in [0.4, 0.5) is 4.79 Å². The molecule has 0 saturated carbocycles. The second-order valence-corrected chi connectivity index (χ2v) is 8.99. The minimum atomic E-state index is -0.514. The number of benzene rings is 1. The zero-order valence-corrected chi connectivity index (χ0v) is 18.4. The Balaban J connectivity index is 2.34. The molecule has 1 saturated heterocycles. The van der Waals surface area contributed by atoms with Crippen LogP contribution in [0.1, 0.15) is 58.9 Å². The van der Waals surface area contributed by atoms with Gasteiger partial charge >= 0.3 is 6.09 Å². The van der Waals surface area contributed by atoms with Gasteiger partial charge in [-0.25, -0.2) is 4.79 Å². The largest absolute Gasteiger partial charge is 0.444 e. The van der Waals surface area contributed by atoms with E-state index in [1.807, 2.05) is 43.9 Å². The maximum Gasteiger partial charge on any atom is 0.410 e. The fourth-order valence-corrected chi connectivity index (χ4v) is 4.26. The molecule has 2 rings (SSSR count). The van der Waals surface area contributed by atoms with Crippen molar-refractivity contribution in [1.82, 2.24) is 4.90 Å². The summed E-state index contributed by atoms with van der Waals surface area (Å²) in [6.45, 7) is 10.1. The molecule has 2 atom stereocenters. The van der Waals surface area contributed by atoms with Crippen LogP contribution < -0.4 is 5.73 Å². The maximum atomic E-state index is 12.7. The highest BCUT2D eigenvalue weighted by molar-refractivity contribution is 6.30. The molecule has 1 fully saturated rings. The van der Waals surface area contributed by atoms with Crippen LogP contribution in [0.2, 0.25) is 5.02 Å². The van der Waals surface area contributed by atoms with Crippen LogP contribution in [0.5, 0.6) is 0 Å². The van der Waals surface area contributed by atoms with E-state index in [9.17, 15) is 4.79 Å². The smallest absolute Gasteiger partial charge is 0.410 e. The van der Waals surface area contributed by atoms with E-state index in [1.54, 1.807) is 0 Å². The SMILES string of the molecule is CCC[C@](OCCN)(c1cccc(Cl)c1)C1CCCN(C(=O)OC(C)(C)C)C1. The van der Waals surface area contributed by atoms with E-state index in [4.69, 9.17) is 26.8 Å². The average Bonchev–Trinajstić information content (AvgIpc) is 2.64. The number of nitrogens with two attached hydrogens (primary N) is 1. The van der Waals surface area contributed by atoms with Crippen molar-refractivity contribution in [2.45, 2.75) is 64.6 Å². The van der Waals surface area contributed by atoms with Crippen molar-refractivity contribution in [2.24, 2.45) is 11.7 Å². The molecule has 1 aliphatic rings. The fraction of sp³-hybridized carbons (Fsp3) is 0.682. The van der Waals surface area contributed by atoms with Gasteiger partial charge in [0, 0.05) is 30.6 Å². The first-order valence-corrected chi connectivity index (χ1v) is 10.7. The first-order valence-electron chi connectivity index (χ1n) is 10.3. The van der Waals surface area contributed by atoms with Crippen molar-refractivity contribution in [2.75, 3.05) is 26.2 Å². The Morgan fingerprint density at radius 3 is 2.71 bits per heavy atom. The fourth-order valence-electron chi connectivity index (χ4n) is 4.07. The molecule has 6 heteroatoms. The number of amides is 1. The van der Waals surface area contributed by atoms with Crippen LogP contribution in [0, 0.1) is 5.92 Å². The van der Waals surface area contributed by atoms with E-state index in [0.717, 1.165) is 31.2 Å². The van der Waals surface area contributed by atoms with Gasteiger partial charge in [0.1, 0.15) is 5.60 Å². The number of piperidine rings is 1. The van der Waals surface area contributed by atoms with E-state index < -0.39 is 11.2 Å². The summed E-state index contributed by atoms with van der Waals surface area (Å²) in [5.74, 6) is 0.152. The number of carbonyl (C=O) groups is 1. The normalized spacial score (nSPS) is 19.9. The Morgan fingerprint density at radius 1 is 1.36 bits per heavy atom. The van der Waals surface area contributed by atoms with Crippen LogP contribution in [0.25, 0.3) is 0 Å². The van der Waals surface area contributed by atoms with Crippen LogP contribution in [0.15, 0.2) is 24.3 Å².